The minimum atomic E-state index is 0.708. The predicted octanol–water partition coefficient (Wildman–Crippen LogP) is 3.95. The van der Waals surface area contributed by atoms with Gasteiger partial charge in [-0.15, -0.1) is 0 Å². The molecular formula is C18H27N. The van der Waals surface area contributed by atoms with Gasteiger partial charge in [0.2, 0.25) is 0 Å². The van der Waals surface area contributed by atoms with Gasteiger partial charge < -0.3 is 5.32 Å². The van der Waals surface area contributed by atoms with E-state index in [4.69, 9.17) is 0 Å². The summed E-state index contributed by atoms with van der Waals surface area (Å²) < 4.78 is 0. The average molecular weight is 257 g/mol. The van der Waals surface area contributed by atoms with Crippen LogP contribution in [-0.2, 0) is 6.42 Å². The highest BCUT2D eigenvalue weighted by molar-refractivity contribution is 5.27. The summed E-state index contributed by atoms with van der Waals surface area (Å²) in [4.78, 5) is 0. The largest absolute Gasteiger partial charge is 0.314 e. The van der Waals surface area contributed by atoms with Crippen LogP contribution in [0.15, 0.2) is 24.3 Å². The monoisotopic (exact) mass is 257 g/mol. The summed E-state index contributed by atoms with van der Waals surface area (Å²) in [5, 5.41) is 3.78. The quantitative estimate of drug-likeness (QED) is 0.842. The van der Waals surface area contributed by atoms with Crippen molar-refractivity contribution in [1.82, 2.24) is 5.32 Å². The van der Waals surface area contributed by atoms with Crippen LogP contribution < -0.4 is 5.32 Å². The van der Waals surface area contributed by atoms with Crippen molar-refractivity contribution in [3.63, 3.8) is 0 Å². The summed E-state index contributed by atoms with van der Waals surface area (Å²) in [5.74, 6) is 3.05. The zero-order valence-corrected chi connectivity index (χ0v) is 12.4. The predicted molar refractivity (Wildman–Crippen MR) is 81.3 cm³/mol. The van der Waals surface area contributed by atoms with Crippen LogP contribution >= 0.6 is 0 Å². The number of hydrogen-bond acceptors (Lipinski definition) is 1. The van der Waals surface area contributed by atoms with Gasteiger partial charge in [0.15, 0.2) is 0 Å². The molecular weight excluding hydrogens is 230 g/mol. The number of benzene rings is 1. The third kappa shape index (κ3) is 2.72. The lowest BCUT2D eigenvalue weighted by molar-refractivity contribution is 0.437. The second kappa shape index (κ2) is 5.66. The lowest BCUT2D eigenvalue weighted by atomic mass is 9.96. The van der Waals surface area contributed by atoms with E-state index in [1.165, 1.54) is 43.2 Å². The van der Waals surface area contributed by atoms with Crippen molar-refractivity contribution in [2.45, 2.75) is 52.0 Å². The highest BCUT2D eigenvalue weighted by atomic mass is 14.9. The number of aryl methyl sites for hydroxylation is 1. The van der Waals surface area contributed by atoms with E-state index >= 15 is 0 Å². The molecule has 0 aromatic heterocycles. The van der Waals surface area contributed by atoms with Crippen LogP contribution in [0.1, 0.15) is 43.7 Å². The Kier molecular flexibility index (Phi) is 3.93. The Hall–Kier alpha value is -0.820. The maximum Gasteiger partial charge on any atom is 0.0141 e. The van der Waals surface area contributed by atoms with E-state index in [1.807, 2.05) is 0 Å². The molecule has 1 aromatic rings. The molecule has 0 spiro atoms. The highest BCUT2D eigenvalue weighted by Crippen LogP contribution is 2.57. The normalized spacial score (nSPS) is 30.7. The van der Waals surface area contributed by atoms with Gasteiger partial charge in [0.05, 0.1) is 0 Å². The van der Waals surface area contributed by atoms with Crippen LogP contribution in [0.25, 0.3) is 0 Å². The van der Waals surface area contributed by atoms with Crippen molar-refractivity contribution < 1.29 is 0 Å². The molecule has 2 saturated carbocycles. The smallest absolute Gasteiger partial charge is 0.0141 e. The SMILES string of the molecule is CCNC(Cc1ccccc1C)C1C2CCCCC21. The first-order chi connectivity index (χ1) is 9.31. The zero-order valence-electron chi connectivity index (χ0n) is 12.4. The van der Waals surface area contributed by atoms with Gasteiger partial charge in [0, 0.05) is 6.04 Å². The van der Waals surface area contributed by atoms with E-state index in [0.29, 0.717) is 6.04 Å². The van der Waals surface area contributed by atoms with Crippen molar-refractivity contribution in [2.24, 2.45) is 17.8 Å². The first-order valence-corrected chi connectivity index (χ1v) is 8.09. The summed E-state index contributed by atoms with van der Waals surface area (Å²) in [6.45, 7) is 5.60. The molecule has 2 aliphatic rings. The van der Waals surface area contributed by atoms with Crippen LogP contribution in [-0.4, -0.2) is 12.6 Å². The topological polar surface area (TPSA) is 12.0 Å². The van der Waals surface area contributed by atoms with E-state index in [1.54, 1.807) is 0 Å². The molecule has 2 fully saturated rings. The summed E-state index contributed by atoms with van der Waals surface area (Å²) in [5.41, 5.74) is 2.99. The first-order valence-electron chi connectivity index (χ1n) is 8.09. The summed E-state index contributed by atoms with van der Waals surface area (Å²) in [6.07, 6.45) is 7.15. The highest BCUT2D eigenvalue weighted by Gasteiger charge is 2.53. The summed E-state index contributed by atoms with van der Waals surface area (Å²) >= 11 is 0. The standard InChI is InChI=1S/C18H27N/c1-3-19-17(12-14-9-5-4-8-13(14)2)18-15-10-6-7-11-16(15)18/h4-5,8-9,15-19H,3,6-7,10-12H2,1-2H3. The number of likely N-dealkylation sites (N-methyl/N-ethyl adjacent to an activating group) is 1. The van der Waals surface area contributed by atoms with Gasteiger partial charge in [-0.25, -0.2) is 0 Å². The molecule has 0 amide bonds. The Labute approximate surface area is 117 Å². The van der Waals surface area contributed by atoms with Gasteiger partial charge in [-0.1, -0.05) is 44.0 Å². The molecule has 0 aliphatic heterocycles. The number of fused-ring (bicyclic) bond motifs is 1. The fraction of sp³-hybridized carbons (Fsp3) is 0.667. The van der Waals surface area contributed by atoms with Crippen molar-refractivity contribution in [2.75, 3.05) is 6.54 Å². The van der Waals surface area contributed by atoms with Crippen molar-refractivity contribution in [3.05, 3.63) is 35.4 Å². The van der Waals surface area contributed by atoms with Crippen LogP contribution in [0.5, 0.6) is 0 Å². The molecule has 19 heavy (non-hydrogen) atoms. The second-order valence-corrected chi connectivity index (χ2v) is 6.48. The average Bonchev–Trinajstić information content (AvgIpc) is 3.15. The molecule has 3 atom stereocenters. The molecule has 3 unspecified atom stereocenters. The van der Waals surface area contributed by atoms with Crippen molar-refractivity contribution in [1.29, 1.82) is 0 Å². The van der Waals surface area contributed by atoms with Crippen molar-refractivity contribution in [3.8, 4) is 0 Å². The molecule has 0 saturated heterocycles. The number of hydrogen-bond donors (Lipinski definition) is 1. The Morgan fingerprint density at radius 2 is 1.84 bits per heavy atom. The molecule has 3 rings (SSSR count). The number of nitrogens with one attached hydrogen (secondary N) is 1. The molecule has 0 bridgehead atoms. The Balaban J connectivity index is 1.70. The van der Waals surface area contributed by atoms with Gasteiger partial charge in [0.1, 0.15) is 0 Å². The lowest BCUT2D eigenvalue weighted by Crippen LogP contribution is -2.34. The molecule has 1 heteroatoms. The third-order valence-corrected chi connectivity index (χ3v) is 5.35. The Bertz CT molecular complexity index is 413. The molecule has 1 nitrogen and oxygen atoms in total. The Morgan fingerprint density at radius 1 is 1.16 bits per heavy atom. The lowest BCUT2D eigenvalue weighted by Gasteiger charge is -2.19. The molecule has 1 N–H and O–H groups in total. The van der Waals surface area contributed by atoms with Crippen LogP contribution in [0, 0.1) is 24.7 Å². The maximum atomic E-state index is 3.78. The minimum absolute atomic E-state index is 0.708. The van der Waals surface area contributed by atoms with Gasteiger partial charge in [-0.05, 0) is 61.6 Å². The fourth-order valence-corrected chi connectivity index (χ4v) is 4.33. The van der Waals surface area contributed by atoms with E-state index in [-0.39, 0.29) is 0 Å². The van der Waals surface area contributed by atoms with Gasteiger partial charge in [0.25, 0.3) is 0 Å². The van der Waals surface area contributed by atoms with E-state index in [2.05, 4.69) is 43.4 Å². The molecule has 104 valence electrons. The third-order valence-electron chi connectivity index (χ3n) is 5.35. The van der Waals surface area contributed by atoms with Crippen molar-refractivity contribution >= 4 is 0 Å². The number of rotatable bonds is 5. The minimum Gasteiger partial charge on any atom is -0.314 e. The fourth-order valence-electron chi connectivity index (χ4n) is 4.33. The first kappa shape index (κ1) is 13.2. The molecule has 0 heterocycles. The van der Waals surface area contributed by atoms with Crippen LogP contribution in [0.4, 0.5) is 0 Å². The maximum absolute atomic E-state index is 3.78. The molecule has 1 aromatic carbocycles. The summed E-state index contributed by atoms with van der Waals surface area (Å²) in [7, 11) is 0. The second-order valence-electron chi connectivity index (χ2n) is 6.48. The molecule has 0 radical (unpaired) electrons. The summed E-state index contributed by atoms with van der Waals surface area (Å²) in [6, 6.07) is 9.60. The zero-order chi connectivity index (χ0) is 13.2. The van der Waals surface area contributed by atoms with Gasteiger partial charge in [-0.2, -0.15) is 0 Å². The van der Waals surface area contributed by atoms with Gasteiger partial charge >= 0.3 is 0 Å². The Morgan fingerprint density at radius 3 is 2.47 bits per heavy atom. The van der Waals surface area contributed by atoms with E-state index in [0.717, 1.165) is 24.3 Å². The van der Waals surface area contributed by atoms with E-state index < -0.39 is 0 Å². The van der Waals surface area contributed by atoms with Crippen LogP contribution in [0.3, 0.4) is 0 Å². The molecule has 2 aliphatic carbocycles. The van der Waals surface area contributed by atoms with Crippen LogP contribution in [0.2, 0.25) is 0 Å². The van der Waals surface area contributed by atoms with E-state index in [9.17, 15) is 0 Å². The van der Waals surface area contributed by atoms with Gasteiger partial charge in [-0.3, -0.25) is 0 Å².